The fourth-order valence-corrected chi connectivity index (χ4v) is 1.54. The molecule has 0 aromatic carbocycles. The molecule has 0 aliphatic rings. The molecule has 3 nitrogen and oxygen atoms in total. The molecule has 0 aliphatic heterocycles. The number of nitrogens with zero attached hydrogens (tertiary/aromatic N) is 1. The van der Waals surface area contributed by atoms with E-state index in [2.05, 4.69) is 13.8 Å². The Labute approximate surface area is 100 Å². The molecular weight excluding hydrogens is 202 g/mol. The van der Waals surface area contributed by atoms with Crippen molar-refractivity contribution in [2.45, 2.75) is 53.1 Å². The topological polar surface area (TPSA) is 29.5 Å². The molecule has 0 N–H and O–H groups in total. The molecule has 0 aliphatic carbocycles. The van der Waals surface area contributed by atoms with Gasteiger partial charge in [-0.1, -0.05) is 13.8 Å². The van der Waals surface area contributed by atoms with Crippen LogP contribution >= 0.6 is 0 Å². The van der Waals surface area contributed by atoms with Gasteiger partial charge in [-0.15, -0.1) is 0 Å². The highest BCUT2D eigenvalue weighted by Gasteiger charge is 2.09. The Bertz CT molecular complexity index is 190. The number of rotatable bonds is 8. The Morgan fingerprint density at radius 1 is 1.19 bits per heavy atom. The van der Waals surface area contributed by atoms with Crippen molar-refractivity contribution in [3.63, 3.8) is 0 Å². The van der Waals surface area contributed by atoms with Crippen LogP contribution in [0.2, 0.25) is 0 Å². The van der Waals surface area contributed by atoms with Crippen LogP contribution in [-0.2, 0) is 9.53 Å². The van der Waals surface area contributed by atoms with Gasteiger partial charge in [0.2, 0.25) is 5.91 Å². The van der Waals surface area contributed by atoms with Crippen molar-refractivity contribution in [1.29, 1.82) is 0 Å². The Morgan fingerprint density at radius 2 is 1.81 bits per heavy atom. The third-order valence-electron chi connectivity index (χ3n) is 2.30. The summed E-state index contributed by atoms with van der Waals surface area (Å²) >= 11 is 0. The van der Waals surface area contributed by atoms with Crippen LogP contribution in [0.25, 0.3) is 0 Å². The Hall–Kier alpha value is -0.570. The molecule has 0 spiro atoms. The van der Waals surface area contributed by atoms with Crippen molar-refractivity contribution in [3.05, 3.63) is 0 Å². The Morgan fingerprint density at radius 3 is 2.31 bits per heavy atom. The van der Waals surface area contributed by atoms with Gasteiger partial charge in [-0.2, -0.15) is 0 Å². The van der Waals surface area contributed by atoms with Crippen LogP contribution < -0.4 is 0 Å². The van der Waals surface area contributed by atoms with E-state index in [1.807, 2.05) is 25.8 Å². The van der Waals surface area contributed by atoms with E-state index in [4.69, 9.17) is 4.74 Å². The molecule has 3 heteroatoms. The zero-order chi connectivity index (χ0) is 12.6. The number of unbranched alkanes of at least 4 members (excludes halogenated alkanes) is 1. The van der Waals surface area contributed by atoms with Crippen LogP contribution in [0.1, 0.15) is 47.0 Å². The standard InChI is InChI=1S/C13H27NO2/c1-11(2)10-14(5)13(15)8-6-7-9-16-12(3)4/h11-12H,6-10H2,1-5H3. The molecule has 0 aromatic rings. The number of carbonyl (C=O) groups is 1. The van der Waals surface area contributed by atoms with Crippen LogP contribution in [0.5, 0.6) is 0 Å². The third kappa shape index (κ3) is 8.72. The van der Waals surface area contributed by atoms with Gasteiger partial charge in [-0.25, -0.2) is 0 Å². The van der Waals surface area contributed by atoms with Crippen LogP contribution in [-0.4, -0.2) is 37.1 Å². The first-order valence-electron chi connectivity index (χ1n) is 6.29. The average molecular weight is 229 g/mol. The SMILES string of the molecule is CC(C)CN(C)C(=O)CCCCOC(C)C. The molecule has 16 heavy (non-hydrogen) atoms. The van der Waals surface area contributed by atoms with Crippen molar-refractivity contribution in [2.75, 3.05) is 20.2 Å². The molecule has 0 saturated heterocycles. The van der Waals surface area contributed by atoms with Gasteiger partial charge in [0.25, 0.3) is 0 Å². The van der Waals surface area contributed by atoms with Crippen molar-refractivity contribution in [3.8, 4) is 0 Å². The summed E-state index contributed by atoms with van der Waals surface area (Å²) in [7, 11) is 1.88. The molecule has 0 radical (unpaired) electrons. The first-order valence-corrected chi connectivity index (χ1v) is 6.29. The van der Waals surface area contributed by atoms with Crippen LogP contribution in [0, 0.1) is 5.92 Å². The van der Waals surface area contributed by atoms with Gasteiger partial charge in [-0.3, -0.25) is 4.79 Å². The van der Waals surface area contributed by atoms with E-state index in [9.17, 15) is 4.79 Å². The van der Waals surface area contributed by atoms with Crippen molar-refractivity contribution in [2.24, 2.45) is 5.92 Å². The summed E-state index contributed by atoms with van der Waals surface area (Å²) in [5.41, 5.74) is 0. The van der Waals surface area contributed by atoms with E-state index in [0.717, 1.165) is 26.0 Å². The number of amides is 1. The van der Waals surface area contributed by atoms with E-state index < -0.39 is 0 Å². The molecule has 0 rings (SSSR count). The minimum Gasteiger partial charge on any atom is -0.379 e. The van der Waals surface area contributed by atoms with E-state index >= 15 is 0 Å². The maximum atomic E-state index is 11.7. The predicted molar refractivity (Wildman–Crippen MR) is 67.4 cm³/mol. The quantitative estimate of drug-likeness (QED) is 0.599. The first-order chi connectivity index (χ1) is 7.43. The number of hydrogen-bond acceptors (Lipinski definition) is 2. The molecule has 0 unspecified atom stereocenters. The zero-order valence-corrected chi connectivity index (χ0v) is 11.5. The van der Waals surface area contributed by atoms with E-state index in [-0.39, 0.29) is 5.91 Å². The highest BCUT2D eigenvalue weighted by molar-refractivity contribution is 5.75. The Balaban J connectivity index is 3.50. The van der Waals surface area contributed by atoms with Crippen molar-refractivity contribution in [1.82, 2.24) is 4.90 Å². The summed E-state index contributed by atoms with van der Waals surface area (Å²) in [4.78, 5) is 13.5. The summed E-state index contributed by atoms with van der Waals surface area (Å²) < 4.78 is 5.42. The number of ether oxygens (including phenoxy) is 1. The van der Waals surface area contributed by atoms with Gasteiger partial charge >= 0.3 is 0 Å². The second-order valence-corrected chi connectivity index (χ2v) is 5.04. The molecule has 0 fully saturated rings. The van der Waals surface area contributed by atoms with Crippen LogP contribution in [0.3, 0.4) is 0 Å². The van der Waals surface area contributed by atoms with E-state index in [1.54, 1.807) is 0 Å². The zero-order valence-electron chi connectivity index (χ0n) is 11.5. The lowest BCUT2D eigenvalue weighted by Crippen LogP contribution is -2.30. The maximum absolute atomic E-state index is 11.7. The molecule has 96 valence electrons. The minimum atomic E-state index is 0.248. The lowest BCUT2D eigenvalue weighted by molar-refractivity contribution is -0.130. The normalized spacial score (nSPS) is 11.2. The second-order valence-electron chi connectivity index (χ2n) is 5.04. The molecule has 0 aromatic heterocycles. The Kier molecular flexibility index (Phi) is 8.26. The molecular formula is C13H27NO2. The molecule has 0 heterocycles. The van der Waals surface area contributed by atoms with Gasteiger partial charge in [0.1, 0.15) is 0 Å². The second kappa shape index (κ2) is 8.57. The summed E-state index contributed by atoms with van der Waals surface area (Å²) in [6.07, 6.45) is 2.83. The van der Waals surface area contributed by atoms with Gasteiger partial charge < -0.3 is 9.64 Å². The van der Waals surface area contributed by atoms with Crippen LogP contribution in [0.15, 0.2) is 0 Å². The molecule has 0 bridgehead atoms. The highest BCUT2D eigenvalue weighted by atomic mass is 16.5. The first kappa shape index (κ1) is 15.4. The minimum absolute atomic E-state index is 0.248. The van der Waals surface area contributed by atoms with Crippen molar-refractivity contribution >= 4 is 5.91 Å². The average Bonchev–Trinajstić information content (AvgIpc) is 2.15. The third-order valence-corrected chi connectivity index (χ3v) is 2.30. The smallest absolute Gasteiger partial charge is 0.222 e. The maximum Gasteiger partial charge on any atom is 0.222 e. The summed E-state index contributed by atoms with van der Waals surface area (Å²) in [6.45, 7) is 9.92. The fraction of sp³-hybridized carbons (Fsp3) is 0.923. The van der Waals surface area contributed by atoms with E-state index in [1.165, 1.54) is 0 Å². The van der Waals surface area contributed by atoms with Crippen LogP contribution in [0.4, 0.5) is 0 Å². The fourth-order valence-electron chi connectivity index (χ4n) is 1.54. The molecule has 1 amide bonds. The van der Waals surface area contributed by atoms with Gasteiger partial charge in [0.05, 0.1) is 6.10 Å². The number of carbonyl (C=O) groups excluding carboxylic acids is 1. The summed E-state index contributed by atoms with van der Waals surface area (Å²) in [5, 5.41) is 0. The predicted octanol–water partition coefficient (Wildman–Crippen LogP) is 2.70. The lowest BCUT2D eigenvalue weighted by Gasteiger charge is -2.19. The van der Waals surface area contributed by atoms with Gasteiger partial charge in [0.15, 0.2) is 0 Å². The number of hydrogen-bond donors (Lipinski definition) is 0. The van der Waals surface area contributed by atoms with Gasteiger partial charge in [0, 0.05) is 26.6 Å². The largest absolute Gasteiger partial charge is 0.379 e. The van der Waals surface area contributed by atoms with Crippen molar-refractivity contribution < 1.29 is 9.53 Å². The molecule has 0 atom stereocenters. The van der Waals surface area contributed by atoms with Gasteiger partial charge in [-0.05, 0) is 32.6 Å². The summed E-state index contributed by atoms with van der Waals surface area (Å²) in [6, 6.07) is 0. The van der Waals surface area contributed by atoms with E-state index in [0.29, 0.717) is 18.4 Å². The lowest BCUT2D eigenvalue weighted by atomic mass is 10.2. The monoisotopic (exact) mass is 229 g/mol. The molecule has 0 saturated carbocycles. The highest BCUT2D eigenvalue weighted by Crippen LogP contribution is 2.03. The summed E-state index contributed by atoms with van der Waals surface area (Å²) in [5.74, 6) is 0.788.